The molecule has 0 fully saturated rings. The van der Waals surface area contributed by atoms with E-state index < -0.39 is 0 Å². The molecular weight excluding hydrogens is 275 g/mol. The van der Waals surface area contributed by atoms with Crippen molar-refractivity contribution in [2.24, 2.45) is 0 Å². The Labute approximate surface area is 115 Å². The van der Waals surface area contributed by atoms with Crippen LogP contribution in [0.25, 0.3) is 0 Å². The Morgan fingerprint density at radius 2 is 2.00 bits per heavy atom. The van der Waals surface area contributed by atoms with E-state index >= 15 is 0 Å². The van der Waals surface area contributed by atoms with Gasteiger partial charge in [-0.15, -0.1) is 22.9 Å². The number of halogens is 2. The smallest absolute Gasteiger partial charge is 0.124 e. The van der Waals surface area contributed by atoms with E-state index in [1.165, 1.54) is 4.88 Å². The molecule has 0 saturated heterocycles. The average molecular weight is 287 g/mol. The average Bonchev–Trinajstić information content (AvgIpc) is 2.75. The topological polar surface area (TPSA) is 9.23 Å². The fraction of sp³-hybridized carbons (Fsp3) is 0.231. The van der Waals surface area contributed by atoms with Crippen molar-refractivity contribution >= 4 is 34.5 Å². The predicted molar refractivity (Wildman–Crippen MR) is 74.8 cm³/mol. The van der Waals surface area contributed by atoms with Crippen molar-refractivity contribution in [2.75, 3.05) is 7.11 Å². The van der Waals surface area contributed by atoms with Crippen molar-refractivity contribution in [1.29, 1.82) is 0 Å². The van der Waals surface area contributed by atoms with Crippen LogP contribution in [-0.2, 0) is 0 Å². The van der Waals surface area contributed by atoms with Gasteiger partial charge in [-0.3, -0.25) is 0 Å². The maximum absolute atomic E-state index is 6.47. The van der Waals surface area contributed by atoms with Crippen LogP contribution < -0.4 is 4.74 Å². The van der Waals surface area contributed by atoms with Crippen LogP contribution >= 0.6 is 34.5 Å². The van der Waals surface area contributed by atoms with Crippen molar-refractivity contribution < 1.29 is 4.74 Å². The number of ether oxygens (including phenoxy) is 1. The predicted octanol–water partition coefficient (Wildman–Crippen LogP) is 5.05. The highest BCUT2D eigenvalue weighted by molar-refractivity contribution is 7.12. The maximum Gasteiger partial charge on any atom is 0.124 e. The van der Waals surface area contributed by atoms with Gasteiger partial charge in [0.2, 0.25) is 0 Å². The molecule has 17 heavy (non-hydrogen) atoms. The quantitative estimate of drug-likeness (QED) is 0.718. The fourth-order valence-corrected chi connectivity index (χ4v) is 3.08. The largest absolute Gasteiger partial charge is 0.496 e. The summed E-state index contributed by atoms with van der Waals surface area (Å²) in [4.78, 5) is 2.34. The van der Waals surface area contributed by atoms with Crippen molar-refractivity contribution in [3.8, 4) is 5.75 Å². The van der Waals surface area contributed by atoms with Gasteiger partial charge in [-0.05, 0) is 37.3 Å². The Morgan fingerprint density at radius 1 is 1.24 bits per heavy atom. The molecule has 1 atom stereocenters. The molecule has 0 bridgehead atoms. The van der Waals surface area contributed by atoms with Crippen molar-refractivity contribution in [1.82, 2.24) is 0 Å². The van der Waals surface area contributed by atoms with Gasteiger partial charge in [0, 0.05) is 20.3 Å². The molecule has 2 aromatic rings. The van der Waals surface area contributed by atoms with Gasteiger partial charge >= 0.3 is 0 Å². The third-order valence-electron chi connectivity index (χ3n) is 2.48. The zero-order valence-corrected chi connectivity index (χ0v) is 11.9. The molecular formula is C13H12Cl2OS. The minimum absolute atomic E-state index is 0.220. The van der Waals surface area contributed by atoms with E-state index in [4.69, 9.17) is 27.9 Å². The van der Waals surface area contributed by atoms with Gasteiger partial charge < -0.3 is 4.74 Å². The summed E-state index contributed by atoms with van der Waals surface area (Å²) in [5, 5.41) is 0.446. The minimum atomic E-state index is -0.220. The molecule has 0 spiro atoms. The van der Waals surface area contributed by atoms with Crippen LogP contribution in [0, 0.1) is 6.92 Å². The van der Waals surface area contributed by atoms with E-state index in [1.807, 2.05) is 18.2 Å². The Bertz CT molecular complexity index is 522. The van der Waals surface area contributed by atoms with Gasteiger partial charge in [-0.1, -0.05) is 11.6 Å². The fourth-order valence-electron chi connectivity index (χ4n) is 1.65. The molecule has 1 aromatic carbocycles. The zero-order valence-electron chi connectivity index (χ0n) is 9.54. The molecule has 1 unspecified atom stereocenters. The molecule has 0 aliphatic rings. The lowest BCUT2D eigenvalue weighted by molar-refractivity contribution is 0.410. The molecule has 1 aromatic heterocycles. The Hall–Kier alpha value is -0.700. The van der Waals surface area contributed by atoms with Gasteiger partial charge in [0.15, 0.2) is 0 Å². The van der Waals surface area contributed by atoms with Gasteiger partial charge in [0.05, 0.1) is 12.5 Å². The standard InChI is InChI=1S/C13H12Cl2OS/c1-8-3-6-12(17-8)13(15)10-7-9(14)4-5-11(10)16-2/h3-7,13H,1-2H3. The summed E-state index contributed by atoms with van der Waals surface area (Å²) in [6, 6.07) is 9.60. The number of benzene rings is 1. The number of hydrogen-bond donors (Lipinski definition) is 0. The van der Waals surface area contributed by atoms with E-state index in [0.29, 0.717) is 5.02 Å². The number of methoxy groups -OCH3 is 1. The lowest BCUT2D eigenvalue weighted by Gasteiger charge is -2.13. The molecule has 0 radical (unpaired) electrons. The summed E-state index contributed by atoms with van der Waals surface area (Å²) < 4.78 is 5.31. The first-order valence-electron chi connectivity index (χ1n) is 5.15. The molecule has 1 heterocycles. The summed E-state index contributed by atoms with van der Waals surface area (Å²) in [6.07, 6.45) is 0. The normalized spacial score (nSPS) is 12.5. The summed E-state index contributed by atoms with van der Waals surface area (Å²) in [7, 11) is 1.63. The second kappa shape index (κ2) is 5.30. The number of aryl methyl sites for hydroxylation is 1. The summed E-state index contributed by atoms with van der Waals surface area (Å²) in [5.41, 5.74) is 0.906. The molecule has 4 heteroatoms. The van der Waals surface area contributed by atoms with Crippen LogP contribution in [0.5, 0.6) is 5.75 Å². The number of alkyl halides is 1. The van der Waals surface area contributed by atoms with Crippen LogP contribution in [0.4, 0.5) is 0 Å². The SMILES string of the molecule is COc1ccc(Cl)cc1C(Cl)c1ccc(C)s1. The minimum Gasteiger partial charge on any atom is -0.496 e. The molecule has 0 amide bonds. The highest BCUT2D eigenvalue weighted by atomic mass is 35.5. The molecule has 0 saturated carbocycles. The Morgan fingerprint density at radius 3 is 2.59 bits per heavy atom. The van der Waals surface area contributed by atoms with Crippen LogP contribution in [0.2, 0.25) is 5.02 Å². The molecule has 90 valence electrons. The molecule has 0 aliphatic heterocycles. The van der Waals surface area contributed by atoms with E-state index in [0.717, 1.165) is 16.2 Å². The lowest BCUT2D eigenvalue weighted by Crippen LogP contribution is -1.95. The summed E-state index contributed by atoms with van der Waals surface area (Å²) in [6.45, 7) is 2.06. The second-order valence-corrected chi connectivity index (χ2v) is 5.89. The number of hydrogen-bond acceptors (Lipinski definition) is 2. The third-order valence-corrected chi connectivity index (χ3v) is 4.38. The van der Waals surface area contributed by atoms with Gasteiger partial charge in [0.25, 0.3) is 0 Å². The molecule has 1 nitrogen and oxygen atoms in total. The van der Waals surface area contributed by atoms with Gasteiger partial charge in [-0.25, -0.2) is 0 Å². The molecule has 2 rings (SSSR count). The highest BCUT2D eigenvalue weighted by Crippen LogP contribution is 2.39. The number of rotatable bonds is 3. The van der Waals surface area contributed by atoms with E-state index in [2.05, 4.69) is 13.0 Å². The van der Waals surface area contributed by atoms with Gasteiger partial charge in [0.1, 0.15) is 5.75 Å². The van der Waals surface area contributed by atoms with Crippen molar-refractivity contribution in [3.63, 3.8) is 0 Å². The van der Waals surface area contributed by atoms with Crippen molar-refractivity contribution in [2.45, 2.75) is 12.3 Å². The first-order valence-corrected chi connectivity index (χ1v) is 6.78. The zero-order chi connectivity index (χ0) is 12.4. The Kier molecular flexibility index (Phi) is 3.97. The second-order valence-electron chi connectivity index (χ2n) is 3.70. The third kappa shape index (κ3) is 2.76. The maximum atomic E-state index is 6.47. The van der Waals surface area contributed by atoms with Gasteiger partial charge in [-0.2, -0.15) is 0 Å². The van der Waals surface area contributed by atoms with E-state index in [1.54, 1.807) is 24.5 Å². The number of thiophene rings is 1. The monoisotopic (exact) mass is 286 g/mol. The van der Waals surface area contributed by atoms with Crippen LogP contribution in [0.15, 0.2) is 30.3 Å². The van der Waals surface area contributed by atoms with Crippen LogP contribution in [0.3, 0.4) is 0 Å². The van der Waals surface area contributed by atoms with Crippen LogP contribution in [0.1, 0.15) is 20.7 Å². The van der Waals surface area contributed by atoms with Crippen LogP contribution in [-0.4, -0.2) is 7.11 Å². The summed E-state index contributed by atoms with van der Waals surface area (Å²) in [5.74, 6) is 0.764. The lowest BCUT2D eigenvalue weighted by atomic mass is 10.1. The van der Waals surface area contributed by atoms with E-state index in [9.17, 15) is 0 Å². The van der Waals surface area contributed by atoms with E-state index in [-0.39, 0.29) is 5.38 Å². The first kappa shape index (κ1) is 12.7. The Balaban J connectivity index is 2.42. The molecule has 0 aliphatic carbocycles. The van der Waals surface area contributed by atoms with Crippen molar-refractivity contribution in [3.05, 3.63) is 50.7 Å². The first-order chi connectivity index (χ1) is 8.11. The highest BCUT2D eigenvalue weighted by Gasteiger charge is 2.17. The summed E-state index contributed by atoms with van der Waals surface area (Å²) >= 11 is 14.2. The molecule has 0 N–H and O–H groups in total.